The zero-order valence-corrected chi connectivity index (χ0v) is 21.5. The van der Waals surface area contributed by atoms with E-state index >= 15 is 0 Å². The molecule has 0 radical (unpaired) electrons. The summed E-state index contributed by atoms with van der Waals surface area (Å²) in [6.45, 7) is 1.12. The molecule has 0 unspecified atom stereocenters. The van der Waals surface area contributed by atoms with Gasteiger partial charge in [0, 0.05) is 17.6 Å². The highest BCUT2D eigenvalue weighted by atomic mass is 35.5. The van der Waals surface area contributed by atoms with E-state index in [1.54, 1.807) is 25.1 Å². The lowest BCUT2D eigenvalue weighted by Crippen LogP contribution is -2.52. The van der Waals surface area contributed by atoms with Crippen molar-refractivity contribution in [3.8, 4) is 0 Å². The molecule has 190 valence electrons. The molecule has 1 aliphatic carbocycles. The summed E-state index contributed by atoms with van der Waals surface area (Å²) in [4.78, 5) is 27.9. The van der Waals surface area contributed by atoms with Crippen LogP contribution in [0.2, 0.25) is 5.02 Å². The van der Waals surface area contributed by atoms with Crippen LogP contribution in [0.25, 0.3) is 0 Å². The number of amides is 2. The zero-order chi connectivity index (χ0) is 25.6. The Bertz CT molecular complexity index is 1140. The summed E-state index contributed by atoms with van der Waals surface area (Å²) in [5.41, 5.74) is 0.861. The molecule has 2 aromatic rings. The predicted molar refractivity (Wildman–Crippen MR) is 135 cm³/mol. The van der Waals surface area contributed by atoms with Crippen LogP contribution in [0.15, 0.2) is 48.5 Å². The van der Waals surface area contributed by atoms with Crippen molar-refractivity contribution >= 4 is 39.1 Å². The van der Waals surface area contributed by atoms with Crippen molar-refractivity contribution in [2.45, 2.75) is 57.7 Å². The molecule has 10 heteroatoms. The van der Waals surface area contributed by atoms with Crippen LogP contribution in [0.1, 0.15) is 44.6 Å². The Morgan fingerprint density at radius 1 is 1.11 bits per heavy atom. The zero-order valence-electron chi connectivity index (χ0n) is 19.9. The van der Waals surface area contributed by atoms with E-state index in [1.807, 2.05) is 0 Å². The summed E-state index contributed by atoms with van der Waals surface area (Å²) >= 11 is 6.04. The molecule has 1 aliphatic rings. The summed E-state index contributed by atoms with van der Waals surface area (Å²) < 4.78 is 39.5. The second-order valence-electron chi connectivity index (χ2n) is 8.92. The number of carbonyl (C=O) groups is 2. The van der Waals surface area contributed by atoms with Gasteiger partial charge in [-0.25, -0.2) is 12.8 Å². The van der Waals surface area contributed by atoms with Gasteiger partial charge in [0.25, 0.3) is 0 Å². The summed E-state index contributed by atoms with van der Waals surface area (Å²) in [7, 11) is -3.83. The molecule has 0 bridgehead atoms. The maximum Gasteiger partial charge on any atom is 0.244 e. The fraction of sp³-hybridized carbons (Fsp3) is 0.440. The van der Waals surface area contributed by atoms with Crippen LogP contribution in [0.3, 0.4) is 0 Å². The van der Waals surface area contributed by atoms with E-state index in [9.17, 15) is 22.4 Å². The monoisotopic (exact) mass is 523 g/mol. The van der Waals surface area contributed by atoms with Crippen molar-refractivity contribution in [3.63, 3.8) is 0 Å². The Kier molecular flexibility index (Phi) is 9.13. The third kappa shape index (κ3) is 7.67. The highest BCUT2D eigenvalue weighted by Crippen LogP contribution is 2.23. The Morgan fingerprint density at radius 3 is 2.37 bits per heavy atom. The Hall–Kier alpha value is -2.65. The van der Waals surface area contributed by atoms with Gasteiger partial charge < -0.3 is 10.2 Å². The Morgan fingerprint density at radius 2 is 1.77 bits per heavy atom. The lowest BCUT2D eigenvalue weighted by Gasteiger charge is -2.33. The van der Waals surface area contributed by atoms with Crippen LogP contribution in [-0.2, 0) is 26.2 Å². The van der Waals surface area contributed by atoms with Gasteiger partial charge in [-0.2, -0.15) is 0 Å². The minimum atomic E-state index is -3.83. The highest BCUT2D eigenvalue weighted by Gasteiger charge is 2.31. The fourth-order valence-corrected chi connectivity index (χ4v) is 5.21. The number of sulfonamides is 1. The van der Waals surface area contributed by atoms with E-state index < -0.39 is 34.3 Å². The summed E-state index contributed by atoms with van der Waals surface area (Å²) in [5.74, 6) is -1.29. The van der Waals surface area contributed by atoms with E-state index in [4.69, 9.17) is 11.6 Å². The number of benzene rings is 2. The number of carbonyl (C=O) groups excluding carboxylic acids is 2. The van der Waals surface area contributed by atoms with Gasteiger partial charge in [-0.05, 0) is 55.7 Å². The van der Waals surface area contributed by atoms with Crippen LogP contribution < -0.4 is 9.62 Å². The molecule has 0 spiro atoms. The average Bonchev–Trinajstić information content (AvgIpc) is 2.81. The topological polar surface area (TPSA) is 86.8 Å². The summed E-state index contributed by atoms with van der Waals surface area (Å²) in [5, 5.41) is 3.36. The minimum Gasteiger partial charge on any atom is -0.352 e. The minimum absolute atomic E-state index is 0.0194. The Labute approximate surface area is 211 Å². The molecule has 1 atom stereocenters. The molecular weight excluding hydrogens is 493 g/mol. The van der Waals surface area contributed by atoms with E-state index in [1.165, 1.54) is 35.2 Å². The second-order valence-corrected chi connectivity index (χ2v) is 11.3. The SMILES string of the molecule is C[C@H](C(=O)NC1CCCCC1)N(Cc1ccc(F)cc1)C(=O)CN(c1cccc(Cl)c1)S(C)(=O)=O. The van der Waals surface area contributed by atoms with Gasteiger partial charge in [0.2, 0.25) is 21.8 Å². The smallest absolute Gasteiger partial charge is 0.244 e. The quantitative estimate of drug-likeness (QED) is 0.536. The first kappa shape index (κ1) is 26.9. The van der Waals surface area contributed by atoms with E-state index in [0.29, 0.717) is 10.6 Å². The number of hydrogen-bond donors (Lipinski definition) is 1. The summed E-state index contributed by atoms with van der Waals surface area (Å²) in [6.07, 6.45) is 6.01. The van der Waals surface area contributed by atoms with E-state index in [2.05, 4.69) is 5.32 Å². The number of nitrogens with one attached hydrogen (secondary N) is 1. The molecule has 0 aromatic heterocycles. The van der Waals surface area contributed by atoms with Gasteiger partial charge in [0.05, 0.1) is 11.9 Å². The van der Waals surface area contributed by atoms with Crippen molar-refractivity contribution < 1.29 is 22.4 Å². The first-order chi connectivity index (χ1) is 16.5. The third-order valence-corrected chi connectivity index (χ3v) is 7.54. The van der Waals surface area contributed by atoms with Crippen LogP contribution in [0.5, 0.6) is 0 Å². The maximum atomic E-state index is 13.5. The standard InChI is InChI=1S/C25H31ClFN3O4S/c1-18(25(32)28-22-8-4-3-5-9-22)29(16-19-11-13-21(27)14-12-19)24(31)17-30(35(2,33)34)23-10-6-7-20(26)15-23/h6-7,10-15,18,22H,3-5,8-9,16-17H2,1-2H3,(H,28,32)/t18-/m1/s1. The van der Waals surface area contributed by atoms with Gasteiger partial charge in [0.15, 0.2) is 0 Å². The number of halogens is 2. The molecule has 2 amide bonds. The lowest BCUT2D eigenvalue weighted by atomic mass is 9.95. The molecule has 35 heavy (non-hydrogen) atoms. The van der Waals surface area contributed by atoms with Crippen LogP contribution in [0.4, 0.5) is 10.1 Å². The highest BCUT2D eigenvalue weighted by molar-refractivity contribution is 7.92. The van der Waals surface area contributed by atoms with Gasteiger partial charge >= 0.3 is 0 Å². The fourth-order valence-electron chi connectivity index (χ4n) is 4.18. The lowest BCUT2D eigenvalue weighted by molar-refractivity contribution is -0.139. The first-order valence-corrected chi connectivity index (χ1v) is 13.8. The van der Waals surface area contributed by atoms with Gasteiger partial charge in [-0.3, -0.25) is 13.9 Å². The van der Waals surface area contributed by atoms with E-state index in [-0.39, 0.29) is 24.2 Å². The average molecular weight is 524 g/mol. The third-order valence-electron chi connectivity index (χ3n) is 6.16. The van der Waals surface area contributed by atoms with Crippen LogP contribution in [0, 0.1) is 5.82 Å². The second kappa shape index (κ2) is 11.9. The van der Waals surface area contributed by atoms with Gasteiger partial charge in [0.1, 0.15) is 18.4 Å². The van der Waals surface area contributed by atoms with Crippen LogP contribution >= 0.6 is 11.6 Å². The molecule has 3 rings (SSSR count). The normalized spacial score (nSPS) is 15.3. The number of hydrogen-bond acceptors (Lipinski definition) is 4. The molecule has 1 fully saturated rings. The molecule has 0 saturated heterocycles. The van der Waals surface area contributed by atoms with Crippen molar-refractivity contribution in [2.24, 2.45) is 0 Å². The van der Waals surface area contributed by atoms with Crippen molar-refractivity contribution in [1.29, 1.82) is 0 Å². The largest absolute Gasteiger partial charge is 0.352 e. The predicted octanol–water partition coefficient (Wildman–Crippen LogP) is 4.11. The Balaban J connectivity index is 1.86. The molecule has 1 saturated carbocycles. The van der Waals surface area contributed by atoms with Crippen molar-refractivity contribution in [1.82, 2.24) is 10.2 Å². The van der Waals surface area contributed by atoms with E-state index in [0.717, 1.165) is 42.7 Å². The molecule has 0 aliphatic heterocycles. The van der Waals surface area contributed by atoms with Crippen molar-refractivity contribution in [3.05, 3.63) is 64.9 Å². The molecule has 0 heterocycles. The van der Waals surface area contributed by atoms with Gasteiger partial charge in [-0.1, -0.05) is 49.1 Å². The molecule has 2 aromatic carbocycles. The maximum absolute atomic E-state index is 13.5. The molecular formula is C25H31ClFN3O4S. The van der Waals surface area contributed by atoms with Crippen LogP contribution in [-0.4, -0.2) is 50.0 Å². The number of rotatable bonds is 9. The van der Waals surface area contributed by atoms with Crippen molar-refractivity contribution in [2.75, 3.05) is 17.1 Å². The summed E-state index contributed by atoms with van der Waals surface area (Å²) in [6, 6.07) is 11.0. The van der Waals surface area contributed by atoms with Gasteiger partial charge in [-0.15, -0.1) is 0 Å². The number of anilines is 1. The molecule has 7 nitrogen and oxygen atoms in total. The molecule has 1 N–H and O–H groups in total. The number of nitrogens with zero attached hydrogens (tertiary/aromatic N) is 2. The first-order valence-electron chi connectivity index (χ1n) is 11.6.